The van der Waals surface area contributed by atoms with Gasteiger partial charge < -0.3 is 4.90 Å². The van der Waals surface area contributed by atoms with Crippen LogP contribution in [0.3, 0.4) is 0 Å². The lowest BCUT2D eigenvalue weighted by Crippen LogP contribution is -2.44. The fourth-order valence-corrected chi connectivity index (χ4v) is 5.76. The third-order valence-electron chi connectivity index (χ3n) is 5.49. The van der Waals surface area contributed by atoms with E-state index in [2.05, 4.69) is 15.9 Å². The predicted molar refractivity (Wildman–Crippen MR) is 125 cm³/mol. The minimum Gasteiger partial charge on any atom is -0.308 e. The second-order valence-electron chi connectivity index (χ2n) is 7.80. The highest BCUT2D eigenvalue weighted by atomic mass is 79.9. The van der Waals surface area contributed by atoms with E-state index in [1.54, 1.807) is 4.90 Å². The molecule has 4 rings (SSSR count). The highest BCUT2D eigenvalue weighted by Gasteiger charge is 2.34. The van der Waals surface area contributed by atoms with E-state index in [0.29, 0.717) is 6.42 Å². The summed E-state index contributed by atoms with van der Waals surface area (Å²) in [6.07, 6.45) is 0.698. The Bertz CT molecular complexity index is 1230. The summed E-state index contributed by atoms with van der Waals surface area (Å²) in [5.41, 5.74) is 2.59. The van der Waals surface area contributed by atoms with Crippen molar-refractivity contribution >= 4 is 37.5 Å². The fourth-order valence-electron chi connectivity index (χ4n) is 3.98. The first-order valence-electron chi connectivity index (χ1n) is 10.2. The molecule has 3 aromatic carbocycles. The molecule has 1 amide bonds. The molecule has 0 aliphatic carbocycles. The lowest BCUT2D eigenvalue weighted by Gasteiger charge is -2.27. The second kappa shape index (κ2) is 9.13. The Hall–Kier alpha value is -2.55. The Morgan fingerprint density at radius 1 is 1.09 bits per heavy atom. The number of anilines is 1. The molecule has 3 aromatic rings. The van der Waals surface area contributed by atoms with Gasteiger partial charge in [0.2, 0.25) is 15.9 Å². The molecule has 0 aromatic heterocycles. The molecule has 5 nitrogen and oxygen atoms in total. The molecule has 1 aliphatic heterocycles. The first-order chi connectivity index (χ1) is 15.3. The van der Waals surface area contributed by atoms with E-state index < -0.39 is 15.8 Å². The zero-order valence-electron chi connectivity index (χ0n) is 17.4. The maximum absolute atomic E-state index is 13.4. The number of hydrogen-bond acceptors (Lipinski definition) is 3. The number of carbonyl (C=O) groups excluding carboxylic acids is 1. The quantitative estimate of drug-likeness (QED) is 0.474. The van der Waals surface area contributed by atoms with Gasteiger partial charge in [0.05, 0.1) is 11.4 Å². The van der Waals surface area contributed by atoms with Crippen molar-refractivity contribution in [2.45, 2.75) is 30.8 Å². The molecule has 0 radical (unpaired) electrons. The molecular weight excluding hydrogens is 495 g/mol. The van der Waals surface area contributed by atoms with Crippen LogP contribution < -0.4 is 4.90 Å². The Morgan fingerprint density at radius 2 is 1.78 bits per heavy atom. The van der Waals surface area contributed by atoms with Crippen molar-refractivity contribution in [3.63, 3.8) is 0 Å². The van der Waals surface area contributed by atoms with Gasteiger partial charge in [0.1, 0.15) is 5.82 Å². The van der Waals surface area contributed by atoms with Gasteiger partial charge in [-0.05, 0) is 66.9 Å². The van der Waals surface area contributed by atoms with Gasteiger partial charge >= 0.3 is 0 Å². The van der Waals surface area contributed by atoms with E-state index in [1.165, 1.54) is 12.1 Å². The van der Waals surface area contributed by atoms with Crippen molar-refractivity contribution in [1.82, 2.24) is 4.31 Å². The predicted octanol–water partition coefficient (Wildman–Crippen LogP) is 4.76. The molecule has 0 N–H and O–H groups in total. The van der Waals surface area contributed by atoms with Crippen LogP contribution in [0, 0.1) is 5.82 Å². The number of halogens is 2. The zero-order valence-corrected chi connectivity index (χ0v) is 19.8. The number of nitrogens with zero attached hydrogens (tertiary/aromatic N) is 2. The molecule has 166 valence electrons. The number of hydrogen-bond donors (Lipinski definition) is 0. The summed E-state index contributed by atoms with van der Waals surface area (Å²) in [7, 11) is -4.03. The monoisotopic (exact) mass is 516 g/mol. The average Bonchev–Trinajstić information content (AvgIpc) is 3.09. The Morgan fingerprint density at radius 3 is 2.47 bits per heavy atom. The summed E-state index contributed by atoms with van der Waals surface area (Å²) < 4.78 is 42.3. The lowest BCUT2D eigenvalue weighted by molar-refractivity contribution is -0.119. The van der Waals surface area contributed by atoms with E-state index in [1.807, 2.05) is 55.5 Å². The topological polar surface area (TPSA) is 57.7 Å². The molecule has 0 saturated heterocycles. The van der Waals surface area contributed by atoms with Crippen LogP contribution >= 0.6 is 15.9 Å². The van der Waals surface area contributed by atoms with Crippen molar-refractivity contribution in [2.24, 2.45) is 0 Å². The van der Waals surface area contributed by atoms with Gasteiger partial charge in [0.15, 0.2) is 0 Å². The summed E-state index contributed by atoms with van der Waals surface area (Å²) >= 11 is 3.46. The maximum atomic E-state index is 13.4. The normalized spacial score (nSPS) is 15.8. The lowest BCUT2D eigenvalue weighted by atomic mass is 10.1. The van der Waals surface area contributed by atoms with E-state index >= 15 is 0 Å². The van der Waals surface area contributed by atoms with Crippen molar-refractivity contribution in [1.29, 1.82) is 0 Å². The number of amides is 1. The highest BCUT2D eigenvalue weighted by molar-refractivity contribution is 9.10. The van der Waals surface area contributed by atoms with E-state index in [0.717, 1.165) is 37.7 Å². The summed E-state index contributed by atoms with van der Waals surface area (Å²) in [5, 5.41) is 0. The zero-order chi connectivity index (χ0) is 22.9. The smallest absolute Gasteiger partial charge is 0.243 e. The molecule has 0 bridgehead atoms. The molecular formula is C24H22BrFN2O3S. The van der Waals surface area contributed by atoms with Crippen molar-refractivity contribution < 1.29 is 17.6 Å². The molecule has 0 spiro atoms. The summed E-state index contributed by atoms with van der Waals surface area (Å²) in [4.78, 5) is 15.0. The summed E-state index contributed by atoms with van der Waals surface area (Å²) in [6, 6.07) is 19.4. The van der Waals surface area contributed by atoms with Gasteiger partial charge in [-0.2, -0.15) is 4.31 Å². The van der Waals surface area contributed by atoms with Gasteiger partial charge in [0, 0.05) is 22.7 Å². The van der Waals surface area contributed by atoms with Crippen LogP contribution in [-0.4, -0.2) is 31.2 Å². The molecule has 1 heterocycles. The summed E-state index contributed by atoms with van der Waals surface area (Å²) in [5.74, 6) is -0.830. The van der Waals surface area contributed by atoms with Gasteiger partial charge in [-0.3, -0.25) is 4.79 Å². The van der Waals surface area contributed by atoms with Crippen molar-refractivity contribution in [3.8, 4) is 0 Å². The van der Waals surface area contributed by atoms with Gasteiger partial charge in [-0.15, -0.1) is 0 Å². The number of sulfonamides is 1. The molecule has 1 aliphatic rings. The van der Waals surface area contributed by atoms with Gasteiger partial charge in [0.25, 0.3) is 0 Å². The average molecular weight is 517 g/mol. The van der Waals surface area contributed by atoms with E-state index in [4.69, 9.17) is 0 Å². The first kappa shape index (κ1) is 22.6. The standard InChI is InChI=1S/C24H22BrFN2O3S/c1-17-13-19-14-20(25)7-12-23(19)28(17)24(29)16-27(15-18-5-3-2-4-6-18)32(30,31)22-10-8-21(26)9-11-22/h2-12,14,17H,13,15-16H2,1H3. The maximum Gasteiger partial charge on any atom is 0.243 e. The minimum atomic E-state index is -4.03. The second-order valence-corrected chi connectivity index (χ2v) is 10.7. The Kier molecular flexibility index (Phi) is 6.46. The van der Waals surface area contributed by atoms with Crippen LogP contribution in [0.1, 0.15) is 18.1 Å². The van der Waals surface area contributed by atoms with Gasteiger partial charge in [-0.1, -0.05) is 46.3 Å². The van der Waals surface area contributed by atoms with Crippen LogP contribution in [0.15, 0.2) is 82.2 Å². The molecule has 1 unspecified atom stereocenters. The highest BCUT2D eigenvalue weighted by Crippen LogP contribution is 2.34. The number of fused-ring (bicyclic) bond motifs is 1. The van der Waals surface area contributed by atoms with Gasteiger partial charge in [-0.25, -0.2) is 12.8 Å². The number of benzene rings is 3. The largest absolute Gasteiger partial charge is 0.308 e. The van der Waals surface area contributed by atoms with E-state index in [9.17, 15) is 17.6 Å². The summed E-state index contributed by atoms with van der Waals surface area (Å²) in [6.45, 7) is 1.65. The molecule has 1 atom stereocenters. The SMILES string of the molecule is CC1Cc2cc(Br)ccc2N1C(=O)CN(Cc1ccccc1)S(=O)(=O)c1ccc(F)cc1. The third kappa shape index (κ3) is 4.62. The van der Waals surface area contributed by atoms with Crippen LogP contribution in [0.4, 0.5) is 10.1 Å². The Labute approximate surface area is 195 Å². The molecule has 0 fully saturated rings. The van der Waals surface area contributed by atoms with Crippen molar-refractivity contribution in [3.05, 3.63) is 94.2 Å². The number of carbonyl (C=O) groups is 1. The van der Waals surface area contributed by atoms with Crippen molar-refractivity contribution in [2.75, 3.05) is 11.4 Å². The third-order valence-corrected chi connectivity index (χ3v) is 7.79. The minimum absolute atomic E-state index is 0.0295. The van der Waals surface area contributed by atoms with E-state index in [-0.39, 0.29) is 29.9 Å². The van der Waals surface area contributed by atoms with Crippen LogP contribution in [0.2, 0.25) is 0 Å². The van der Waals surface area contributed by atoms with Crippen LogP contribution in [-0.2, 0) is 27.8 Å². The van der Waals surface area contributed by atoms with Crippen LogP contribution in [0.5, 0.6) is 0 Å². The number of rotatable bonds is 6. The first-order valence-corrected chi connectivity index (χ1v) is 12.4. The molecule has 0 saturated carbocycles. The molecule has 32 heavy (non-hydrogen) atoms. The Balaban J connectivity index is 1.66. The van der Waals surface area contributed by atoms with Crippen LogP contribution in [0.25, 0.3) is 0 Å². The fraction of sp³-hybridized carbons (Fsp3) is 0.208. The molecule has 8 heteroatoms.